The molecule has 1 aliphatic rings. The molecule has 5 rings (SSSR count). The topological polar surface area (TPSA) is 169 Å². The van der Waals surface area contributed by atoms with Gasteiger partial charge in [-0.05, 0) is 53.1 Å². The van der Waals surface area contributed by atoms with Crippen molar-refractivity contribution in [1.82, 2.24) is 29.4 Å². The molecule has 15 heteroatoms. The number of carbonyl (C=O) groups excluding carboxylic acids is 2. The van der Waals surface area contributed by atoms with Gasteiger partial charge in [-0.15, -0.1) is 11.3 Å². The first-order chi connectivity index (χ1) is 25.7. The quantitative estimate of drug-likeness (QED) is 0.0803. The molecule has 0 spiro atoms. The standard InChI is InChI=1S/C39H49N7O6S2/c1-27(2)23-45(54(51,52)32-13-11-29(12-14-32)22-41-50)25-34(47)33(21-28-9-7-6-8-10-28)43-36(48)35(39(3,4)5)46-20-19-44(38(46)49)24-31-26-53-37(42-31)30-15-17-40-18-16-30/h6-18,22,26-27,33-35,47,50H,19-21,23-25H2,1-5H3,(H,43,48)/b41-22+/t33-,34+,35?/m0/s1. The molecule has 4 aromatic rings. The molecule has 13 nitrogen and oxygen atoms in total. The van der Waals surface area contributed by atoms with Crippen molar-refractivity contribution in [1.29, 1.82) is 0 Å². The third-order valence-corrected chi connectivity index (χ3v) is 11.9. The number of benzene rings is 2. The van der Waals surface area contributed by atoms with Crippen LogP contribution in [-0.4, -0.2) is 105 Å². The maximum absolute atomic E-state index is 14.4. The number of nitrogens with one attached hydrogen (secondary N) is 1. The number of pyridine rings is 1. The van der Waals surface area contributed by atoms with Gasteiger partial charge in [0, 0.05) is 49.5 Å². The second-order valence-corrected chi connectivity index (χ2v) is 17.7. The Morgan fingerprint density at radius 2 is 1.72 bits per heavy atom. The van der Waals surface area contributed by atoms with Crippen LogP contribution in [-0.2, 0) is 27.8 Å². The number of thiazole rings is 1. The summed E-state index contributed by atoms with van der Waals surface area (Å²) >= 11 is 1.49. The van der Waals surface area contributed by atoms with Crippen molar-refractivity contribution in [2.75, 3.05) is 26.2 Å². The molecule has 1 fully saturated rings. The lowest BCUT2D eigenvalue weighted by Crippen LogP contribution is -2.59. The van der Waals surface area contributed by atoms with Crippen molar-refractivity contribution in [2.24, 2.45) is 16.5 Å². The van der Waals surface area contributed by atoms with E-state index < -0.39 is 39.5 Å². The van der Waals surface area contributed by atoms with E-state index in [4.69, 9.17) is 10.2 Å². The SMILES string of the molecule is CC(C)CN(C[C@@H](O)[C@H](Cc1ccccc1)NC(=O)C(N1CCN(Cc2csc(-c3ccncc3)n2)C1=O)C(C)(C)C)S(=O)(=O)c1ccc(/C=N/O)cc1. The molecule has 3 atom stereocenters. The maximum Gasteiger partial charge on any atom is 0.321 e. The van der Waals surface area contributed by atoms with E-state index >= 15 is 0 Å². The molecule has 2 aromatic carbocycles. The summed E-state index contributed by atoms with van der Waals surface area (Å²) in [7, 11) is -4.08. The average molecular weight is 776 g/mol. The number of hydrogen-bond acceptors (Lipinski definition) is 10. The van der Waals surface area contributed by atoms with Gasteiger partial charge in [-0.3, -0.25) is 9.78 Å². The molecule has 54 heavy (non-hydrogen) atoms. The fraction of sp³-hybridized carbons (Fsp3) is 0.410. The number of amides is 3. The minimum absolute atomic E-state index is 0.0187. The van der Waals surface area contributed by atoms with Crippen molar-refractivity contribution in [3.63, 3.8) is 0 Å². The van der Waals surface area contributed by atoms with Gasteiger partial charge in [-0.25, -0.2) is 18.2 Å². The molecule has 0 saturated carbocycles. The van der Waals surface area contributed by atoms with Crippen molar-refractivity contribution in [2.45, 2.75) is 70.7 Å². The molecule has 1 saturated heterocycles. The van der Waals surface area contributed by atoms with Crippen LogP contribution in [0.4, 0.5) is 4.79 Å². The summed E-state index contributed by atoms with van der Waals surface area (Å²) < 4.78 is 29.1. The number of nitrogens with zero attached hydrogens (tertiary/aromatic N) is 6. The average Bonchev–Trinajstić information content (AvgIpc) is 3.74. The Hall–Kier alpha value is -4.70. The van der Waals surface area contributed by atoms with E-state index in [1.54, 1.807) is 22.2 Å². The van der Waals surface area contributed by atoms with Crippen molar-refractivity contribution < 1.29 is 28.3 Å². The molecule has 3 amide bonds. The van der Waals surface area contributed by atoms with Crippen LogP contribution in [0.2, 0.25) is 0 Å². The Kier molecular flexibility index (Phi) is 13.2. The van der Waals surface area contributed by atoms with Gasteiger partial charge >= 0.3 is 6.03 Å². The number of hydrogen-bond donors (Lipinski definition) is 3. The van der Waals surface area contributed by atoms with Gasteiger partial charge in [0.25, 0.3) is 0 Å². The molecule has 288 valence electrons. The Labute approximate surface area is 321 Å². The molecule has 1 unspecified atom stereocenters. The van der Waals surface area contributed by atoms with Gasteiger partial charge in [0.05, 0.1) is 35.5 Å². The summed E-state index contributed by atoms with van der Waals surface area (Å²) in [5.74, 6) is -0.512. The van der Waals surface area contributed by atoms with E-state index in [0.717, 1.165) is 21.8 Å². The van der Waals surface area contributed by atoms with Crippen molar-refractivity contribution in [3.8, 4) is 10.6 Å². The Morgan fingerprint density at radius 3 is 2.35 bits per heavy atom. The second-order valence-electron chi connectivity index (χ2n) is 14.9. The van der Waals surface area contributed by atoms with Gasteiger partial charge in [-0.2, -0.15) is 4.31 Å². The lowest BCUT2D eigenvalue weighted by Gasteiger charge is -2.38. The van der Waals surface area contributed by atoms with Crippen molar-refractivity contribution in [3.05, 3.63) is 101 Å². The van der Waals surface area contributed by atoms with E-state index in [1.807, 2.05) is 82.5 Å². The van der Waals surface area contributed by atoms with Gasteiger partial charge in [0.1, 0.15) is 11.0 Å². The highest BCUT2D eigenvalue weighted by Gasteiger charge is 2.44. The predicted octanol–water partition coefficient (Wildman–Crippen LogP) is 5.10. The highest BCUT2D eigenvalue weighted by molar-refractivity contribution is 7.89. The largest absolute Gasteiger partial charge is 0.411 e. The van der Waals surface area contributed by atoms with Crippen LogP contribution in [0, 0.1) is 11.3 Å². The van der Waals surface area contributed by atoms with Crippen LogP contribution in [0.1, 0.15) is 51.4 Å². The molecule has 0 aliphatic carbocycles. The van der Waals surface area contributed by atoms with Gasteiger partial charge in [0.2, 0.25) is 15.9 Å². The monoisotopic (exact) mass is 775 g/mol. The number of aromatic nitrogens is 2. The molecule has 3 N–H and O–H groups in total. The van der Waals surface area contributed by atoms with E-state index in [-0.39, 0.29) is 36.4 Å². The van der Waals surface area contributed by atoms with E-state index in [2.05, 4.69) is 15.5 Å². The minimum Gasteiger partial charge on any atom is -0.411 e. The minimum atomic E-state index is -4.08. The molecule has 2 aromatic heterocycles. The number of aliphatic hydroxyl groups excluding tert-OH is 1. The number of sulfonamides is 1. The number of oxime groups is 1. The predicted molar refractivity (Wildman–Crippen MR) is 209 cm³/mol. The summed E-state index contributed by atoms with van der Waals surface area (Å²) in [4.78, 5) is 40.4. The zero-order valence-corrected chi connectivity index (χ0v) is 32.9. The summed E-state index contributed by atoms with van der Waals surface area (Å²) in [5.41, 5.74) is 2.36. The summed E-state index contributed by atoms with van der Waals surface area (Å²) in [6.07, 6.45) is 3.52. The number of carbonyl (C=O) groups is 2. The summed E-state index contributed by atoms with van der Waals surface area (Å²) in [6, 6.07) is 17.0. The summed E-state index contributed by atoms with van der Waals surface area (Å²) in [5, 5.41) is 29.5. The van der Waals surface area contributed by atoms with Crippen LogP contribution in [0.15, 0.2) is 94.6 Å². The smallest absolute Gasteiger partial charge is 0.321 e. The third kappa shape index (κ3) is 10.1. The van der Waals surface area contributed by atoms with Gasteiger partial charge in [-0.1, -0.05) is 82.2 Å². The fourth-order valence-electron chi connectivity index (χ4n) is 6.56. The molecule has 3 heterocycles. The first-order valence-electron chi connectivity index (χ1n) is 17.9. The highest BCUT2D eigenvalue weighted by atomic mass is 32.2. The zero-order chi connectivity index (χ0) is 39.0. The van der Waals surface area contributed by atoms with E-state index in [1.165, 1.54) is 46.1 Å². The van der Waals surface area contributed by atoms with Crippen LogP contribution >= 0.6 is 11.3 Å². The van der Waals surface area contributed by atoms with Crippen LogP contribution in [0.5, 0.6) is 0 Å². The molecule has 0 bridgehead atoms. The Morgan fingerprint density at radius 1 is 1.04 bits per heavy atom. The van der Waals surface area contributed by atoms with E-state index in [9.17, 15) is 23.1 Å². The molecular weight excluding hydrogens is 727 g/mol. The number of aliphatic hydroxyl groups is 1. The number of rotatable bonds is 16. The lowest BCUT2D eigenvalue weighted by atomic mass is 9.84. The lowest BCUT2D eigenvalue weighted by molar-refractivity contribution is -0.130. The first-order valence-corrected chi connectivity index (χ1v) is 20.2. The Bertz CT molecular complexity index is 1980. The van der Waals surface area contributed by atoms with Crippen LogP contribution < -0.4 is 5.32 Å². The molecule has 0 radical (unpaired) electrons. The van der Waals surface area contributed by atoms with Gasteiger partial charge < -0.3 is 25.4 Å². The van der Waals surface area contributed by atoms with Crippen LogP contribution in [0.25, 0.3) is 10.6 Å². The fourth-order valence-corrected chi connectivity index (χ4v) is 9.00. The van der Waals surface area contributed by atoms with E-state index in [0.29, 0.717) is 25.2 Å². The van der Waals surface area contributed by atoms with Gasteiger partial charge in [0.15, 0.2) is 0 Å². The highest BCUT2D eigenvalue weighted by Crippen LogP contribution is 2.30. The zero-order valence-electron chi connectivity index (χ0n) is 31.2. The third-order valence-electron chi connectivity index (χ3n) is 9.11. The maximum atomic E-state index is 14.4. The normalized spacial score (nSPS) is 15.7. The first kappa shape index (κ1) is 40.5. The number of urea groups is 1. The summed E-state index contributed by atoms with van der Waals surface area (Å²) in [6.45, 7) is 10.3. The molecule has 1 aliphatic heterocycles. The van der Waals surface area contributed by atoms with Crippen molar-refractivity contribution >= 4 is 39.5 Å². The Balaban J connectivity index is 1.36. The second kappa shape index (κ2) is 17.6. The van der Waals surface area contributed by atoms with Crippen LogP contribution in [0.3, 0.4) is 0 Å². The molecular formula is C39H49N7O6S2.